The van der Waals surface area contributed by atoms with Crippen LogP contribution in [0.25, 0.3) is 10.6 Å². The summed E-state index contributed by atoms with van der Waals surface area (Å²) in [7, 11) is 0. The lowest BCUT2D eigenvalue weighted by atomic mass is 10.3. The average Bonchev–Trinajstić information content (AvgIpc) is 3.05. The number of nitrogens with one attached hydrogen (secondary N) is 2. The van der Waals surface area contributed by atoms with Crippen LogP contribution in [0.2, 0.25) is 0 Å². The summed E-state index contributed by atoms with van der Waals surface area (Å²) in [4.78, 5) is 11.1. The first-order valence-electron chi connectivity index (χ1n) is 6.99. The number of hydrogen-bond acceptors (Lipinski definition) is 9. The minimum absolute atomic E-state index is 0.139. The van der Waals surface area contributed by atoms with Crippen LogP contribution in [0, 0.1) is 16.1 Å². The number of thiazole rings is 1. The van der Waals surface area contributed by atoms with E-state index in [9.17, 15) is 5.26 Å². The molecule has 124 valence electrons. The van der Waals surface area contributed by atoms with Gasteiger partial charge in [0.1, 0.15) is 28.4 Å². The Hall–Kier alpha value is -3.29. The second kappa shape index (κ2) is 7.08. The van der Waals surface area contributed by atoms with Crippen LogP contribution in [0.15, 0.2) is 40.8 Å². The number of para-hydroxylation sites is 1. The zero-order valence-electron chi connectivity index (χ0n) is 12.7. The number of nitrogens with two attached hydrogens (primary N) is 2. The molecule has 0 aliphatic heterocycles. The molecule has 0 radical (unpaired) electrons. The zero-order valence-corrected chi connectivity index (χ0v) is 14.4. The smallest absolute Gasteiger partial charge is 0.200 e. The number of nitriles is 1. The molecule has 2 heterocycles. The monoisotopic (exact) mass is 368 g/mol. The minimum Gasteiger partial charge on any atom is -0.384 e. The lowest BCUT2D eigenvalue weighted by molar-refractivity contribution is 1.15. The molecule has 1 aromatic carbocycles. The standard InChI is InChI=1S/C15H12N8S2/c16-6-9(23-22-8-4-2-1-3-5-8)10-7-25-14(19-10)11-12(17)20-15(24)21-13(11)18/h1-5,7,22H,(H5,17,18,20,21,24)/b23-9+. The third-order valence-corrected chi connectivity index (χ3v) is 4.18. The fraction of sp³-hybridized carbons (Fsp3) is 0. The first-order valence-corrected chi connectivity index (χ1v) is 8.27. The van der Waals surface area contributed by atoms with E-state index in [-0.39, 0.29) is 22.1 Å². The molecule has 3 rings (SSSR count). The van der Waals surface area contributed by atoms with E-state index >= 15 is 0 Å². The van der Waals surface area contributed by atoms with Crippen molar-refractivity contribution in [1.82, 2.24) is 15.0 Å². The van der Waals surface area contributed by atoms with E-state index in [1.165, 1.54) is 11.3 Å². The normalized spacial score (nSPS) is 11.1. The molecule has 10 heteroatoms. The third-order valence-electron chi connectivity index (χ3n) is 3.13. The van der Waals surface area contributed by atoms with Gasteiger partial charge in [-0.3, -0.25) is 5.43 Å². The highest BCUT2D eigenvalue weighted by Crippen LogP contribution is 2.31. The summed E-state index contributed by atoms with van der Waals surface area (Å²) in [6.07, 6.45) is 0. The predicted octanol–water partition coefficient (Wildman–Crippen LogP) is 2.77. The fourth-order valence-corrected chi connectivity index (χ4v) is 3.08. The van der Waals surface area contributed by atoms with Crippen LogP contribution in [0.5, 0.6) is 0 Å². The molecule has 6 N–H and O–H groups in total. The van der Waals surface area contributed by atoms with Gasteiger partial charge in [0.2, 0.25) is 0 Å². The van der Waals surface area contributed by atoms with Crippen LogP contribution in [0.1, 0.15) is 5.69 Å². The summed E-state index contributed by atoms with van der Waals surface area (Å²) in [6, 6.07) is 11.3. The van der Waals surface area contributed by atoms with Gasteiger partial charge in [-0.15, -0.1) is 11.3 Å². The summed E-state index contributed by atoms with van der Waals surface area (Å²) in [5, 5.41) is 15.7. The highest BCUT2D eigenvalue weighted by molar-refractivity contribution is 7.71. The van der Waals surface area contributed by atoms with Gasteiger partial charge in [-0.2, -0.15) is 10.4 Å². The Morgan fingerprint density at radius 1 is 1.28 bits per heavy atom. The maximum atomic E-state index is 9.35. The largest absolute Gasteiger partial charge is 0.384 e. The number of benzene rings is 1. The van der Waals surface area contributed by atoms with Crippen molar-refractivity contribution in [2.75, 3.05) is 16.9 Å². The molecular weight excluding hydrogens is 356 g/mol. The zero-order chi connectivity index (χ0) is 17.8. The van der Waals surface area contributed by atoms with E-state index < -0.39 is 0 Å². The number of H-pyrrole nitrogens is 1. The van der Waals surface area contributed by atoms with Gasteiger partial charge in [-0.25, -0.2) is 9.97 Å². The summed E-state index contributed by atoms with van der Waals surface area (Å²) in [5.41, 5.74) is 16.4. The molecule has 8 nitrogen and oxygen atoms in total. The quantitative estimate of drug-likeness (QED) is 0.315. The molecule has 0 atom stereocenters. The summed E-state index contributed by atoms with van der Waals surface area (Å²) >= 11 is 6.21. The van der Waals surface area contributed by atoms with E-state index in [0.717, 1.165) is 5.69 Å². The molecule has 0 unspecified atom stereocenters. The third kappa shape index (κ3) is 3.63. The van der Waals surface area contributed by atoms with Crippen LogP contribution < -0.4 is 16.9 Å². The number of hydrogen-bond donors (Lipinski definition) is 4. The van der Waals surface area contributed by atoms with E-state index in [2.05, 4.69) is 25.5 Å². The lowest BCUT2D eigenvalue weighted by Crippen LogP contribution is -2.04. The number of aromatic amines is 1. The molecule has 0 fully saturated rings. The second-order valence-corrected chi connectivity index (χ2v) is 6.05. The van der Waals surface area contributed by atoms with E-state index in [0.29, 0.717) is 16.3 Å². The van der Waals surface area contributed by atoms with Crippen LogP contribution >= 0.6 is 23.6 Å². The summed E-state index contributed by atoms with van der Waals surface area (Å²) < 4.78 is 0.196. The van der Waals surface area contributed by atoms with Crippen LogP contribution in [-0.4, -0.2) is 20.7 Å². The number of nitrogen functional groups attached to an aromatic ring is 2. The van der Waals surface area contributed by atoms with E-state index in [4.69, 9.17) is 23.7 Å². The maximum absolute atomic E-state index is 9.35. The summed E-state index contributed by atoms with van der Waals surface area (Å²) in [6.45, 7) is 0. The Balaban J connectivity index is 1.92. The maximum Gasteiger partial charge on any atom is 0.200 e. The predicted molar refractivity (Wildman–Crippen MR) is 102 cm³/mol. The molecule has 0 aliphatic carbocycles. The van der Waals surface area contributed by atoms with Crippen molar-refractivity contribution < 1.29 is 0 Å². The molecule has 0 aliphatic rings. The summed E-state index contributed by atoms with van der Waals surface area (Å²) in [5.74, 6) is 0.455. The van der Waals surface area contributed by atoms with Gasteiger partial charge in [0.25, 0.3) is 0 Å². The topological polar surface area (TPSA) is 142 Å². The highest BCUT2D eigenvalue weighted by Gasteiger charge is 2.16. The van der Waals surface area contributed by atoms with Crippen molar-refractivity contribution in [2.45, 2.75) is 0 Å². The first-order chi connectivity index (χ1) is 12.1. The van der Waals surface area contributed by atoms with Crippen molar-refractivity contribution in [3.05, 3.63) is 46.2 Å². The Bertz CT molecular complexity index is 1000. The Labute approximate surface area is 151 Å². The lowest BCUT2D eigenvalue weighted by Gasteiger charge is -2.04. The number of aromatic nitrogens is 3. The number of rotatable bonds is 4. The molecule has 25 heavy (non-hydrogen) atoms. The Morgan fingerprint density at radius 2 is 2.04 bits per heavy atom. The van der Waals surface area contributed by atoms with Crippen molar-refractivity contribution >= 4 is 46.6 Å². The first kappa shape index (κ1) is 16.6. The van der Waals surface area contributed by atoms with Crippen LogP contribution in [0.4, 0.5) is 17.3 Å². The van der Waals surface area contributed by atoms with Gasteiger partial charge in [0.15, 0.2) is 10.5 Å². The molecule has 2 aromatic heterocycles. The number of hydrazone groups is 1. The van der Waals surface area contributed by atoms with Crippen LogP contribution in [0.3, 0.4) is 0 Å². The van der Waals surface area contributed by atoms with Crippen molar-refractivity contribution in [2.24, 2.45) is 5.10 Å². The van der Waals surface area contributed by atoms with Crippen molar-refractivity contribution in [3.63, 3.8) is 0 Å². The minimum atomic E-state index is 0.139. The Morgan fingerprint density at radius 3 is 2.72 bits per heavy atom. The number of anilines is 3. The molecule has 0 bridgehead atoms. The second-order valence-electron chi connectivity index (χ2n) is 4.80. The SMILES string of the molecule is N#C/C(=N\Nc1ccccc1)c1csc(-c2c(N)nc(=S)[nH]c2N)n1. The molecule has 0 spiro atoms. The van der Waals surface area contributed by atoms with Crippen molar-refractivity contribution in [1.29, 1.82) is 5.26 Å². The Kier molecular flexibility index (Phi) is 4.69. The number of nitrogens with zero attached hydrogens (tertiary/aromatic N) is 4. The van der Waals surface area contributed by atoms with Gasteiger partial charge in [0, 0.05) is 5.38 Å². The van der Waals surface area contributed by atoms with E-state index in [1.54, 1.807) is 5.38 Å². The molecule has 0 saturated heterocycles. The van der Waals surface area contributed by atoms with Gasteiger partial charge >= 0.3 is 0 Å². The molecule has 0 amide bonds. The van der Waals surface area contributed by atoms with Gasteiger partial charge in [-0.05, 0) is 24.4 Å². The average molecular weight is 368 g/mol. The van der Waals surface area contributed by atoms with Gasteiger partial charge in [-0.1, -0.05) is 18.2 Å². The van der Waals surface area contributed by atoms with Gasteiger partial charge in [0.05, 0.1) is 11.3 Å². The van der Waals surface area contributed by atoms with Crippen LogP contribution in [-0.2, 0) is 0 Å². The van der Waals surface area contributed by atoms with Crippen molar-refractivity contribution in [3.8, 4) is 16.6 Å². The molecule has 3 aromatic rings. The molecular formula is C15H12N8S2. The van der Waals surface area contributed by atoms with E-state index in [1.807, 2.05) is 36.4 Å². The highest BCUT2D eigenvalue weighted by atomic mass is 32.1. The fourth-order valence-electron chi connectivity index (χ4n) is 2.00. The van der Waals surface area contributed by atoms with Gasteiger partial charge < -0.3 is 16.5 Å². The molecule has 0 saturated carbocycles.